The maximum absolute atomic E-state index is 13.2. The molecular weight excluding hydrogens is 302 g/mol. The largest absolute Gasteiger partial charge is 0.496 e. The first-order valence-electron chi connectivity index (χ1n) is 5.82. The third-order valence-electron chi connectivity index (χ3n) is 2.84. The van der Waals surface area contributed by atoms with Gasteiger partial charge in [-0.25, -0.2) is 4.39 Å². The number of benzene rings is 2. The third kappa shape index (κ3) is 3.08. The lowest BCUT2D eigenvalue weighted by Crippen LogP contribution is -2.05. The minimum atomic E-state index is -0.551. The lowest BCUT2D eigenvalue weighted by molar-refractivity contribution is 0.410. The fourth-order valence-electron chi connectivity index (χ4n) is 1.80. The van der Waals surface area contributed by atoms with Gasteiger partial charge in [0.05, 0.1) is 23.5 Å². The topological polar surface area (TPSA) is 47.3 Å². The average Bonchev–Trinajstić information content (AvgIpc) is 2.42. The molecule has 6 heteroatoms. The van der Waals surface area contributed by atoms with Crippen LogP contribution < -0.4 is 15.8 Å². The predicted octanol–water partition coefficient (Wildman–Crippen LogP) is 4.34. The number of nitrogens with two attached hydrogens (primary N) is 1. The summed E-state index contributed by atoms with van der Waals surface area (Å²) >= 11 is 11.9. The first kappa shape index (κ1) is 14.8. The zero-order chi connectivity index (χ0) is 14.7. The van der Waals surface area contributed by atoms with E-state index in [0.717, 1.165) is 5.56 Å². The van der Waals surface area contributed by atoms with Crippen LogP contribution in [0.2, 0.25) is 10.0 Å². The van der Waals surface area contributed by atoms with Crippen molar-refractivity contribution in [2.24, 2.45) is 0 Å². The molecule has 0 aliphatic heterocycles. The van der Waals surface area contributed by atoms with Gasteiger partial charge in [0.15, 0.2) is 0 Å². The molecule has 3 N–H and O–H groups in total. The van der Waals surface area contributed by atoms with Gasteiger partial charge in [-0.1, -0.05) is 29.3 Å². The molecule has 0 unspecified atom stereocenters. The Balaban J connectivity index is 2.23. The van der Waals surface area contributed by atoms with E-state index < -0.39 is 5.82 Å². The number of hydrogen-bond donors (Lipinski definition) is 2. The second kappa shape index (κ2) is 6.20. The summed E-state index contributed by atoms with van der Waals surface area (Å²) in [5.74, 6) is 0.113. The molecule has 0 radical (unpaired) electrons. The summed E-state index contributed by atoms with van der Waals surface area (Å²) in [7, 11) is 1.57. The highest BCUT2D eigenvalue weighted by atomic mass is 35.5. The molecule has 0 spiro atoms. The van der Waals surface area contributed by atoms with Crippen molar-refractivity contribution >= 4 is 34.6 Å². The molecule has 2 aromatic rings. The minimum absolute atomic E-state index is 0.00724. The maximum atomic E-state index is 13.2. The van der Waals surface area contributed by atoms with Crippen molar-refractivity contribution in [2.45, 2.75) is 6.54 Å². The van der Waals surface area contributed by atoms with Crippen LogP contribution >= 0.6 is 23.2 Å². The summed E-state index contributed by atoms with van der Waals surface area (Å²) in [6.45, 7) is 0.384. The van der Waals surface area contributed by atoms with Crippen LogP contribution in [0.3, 0.4) is 0 Å². The van der Waals surface area contributed by atoms with Crippen molar-refractivity contribution in [1.82, 2.24) is 0 Å². The molecule has 0 amide bonds. The third-order valence-corrected chi connectivity index (χ3v) is 3.49. The minimum Gasteiger partial charge on any atom is -0.496 e. The summed E-state index contributed by atoms with van der Waals surface area (Å²) < 4.78 is 18.5. The highest BCUT2D eigenvalue weighted by Crippen LogP contribution is 2.30. The summed E-state index contributed by atoms with van der Waals surface area (Å²) in [5.41, 5.74) is 7.34. The second-order valence-corrected chi connectivity index (χ2v) is 4.94. The Morgan fingerprint density at radius 2 is 2.00 bits per heavy atom. The van der Waals surface area contributed by atoms with Crippen molar-refractivity contribution < 1.29 is 9.13 Å². The van der Waals surface area contributed by atoms with E-state index in [-0.39, 0.29) is 10.7 Å². The van der Waals surface area contributed by atoms with Crippen LogP contribution in [0.1, 0.15) is 5.56 Å². The van der Waals surface area contributed by atoms with Crippen LogP contribution in [0.25, 0.3) is 0 Å². The van der Waals surface area contributed by atoms with Crippen LogP contribution in [0.5, 0.6) is 5.75 Å². The number of rotatable bonds is 4. The van der Waals surface area contributed by atoms with Crippen LogP contribution in [0.4, 0.5) is 15.8 Å². The SMILES string of the molecule is COc1cccc(Cl)c1CNc1cc(Cl)c(F)cc1N. The lowest BCUT2D eigenvalue weighted by Gasteiger charge is -2.14. The van der Waals surface area contributed by atoms with Crippen molar-refractivity contribution in [3.63, 3.8) is 0 Å². The highest BCUT2D eigenvalue weighted by molar-refractivity contribution is 6.31. The number of nitrogen functional groups attached to an aromatic ring is 1. The van der Waals surface area contributed by atoms with E-state index in [1.165, 1.54) is 12.1 Å². The van der Waals surface area contributed by atoms with E-state index >= 15 is 0 Å². The van der Waals surface area contributed by atoms with Gasteiger partial charge in [-0.05, 0) is 18.2 Å². The Kier molecular flexibility index (Phi) is 4.57. The van der Waals surface area contributed by atoms with Crippen molar-refractivity contribution in [3.8, 4) is 5.75 Å². The summed E-state index contributed by atoms with van der Waals surface area (Å²) in [4.78, 5) is 0. The molecular formula is C14H13Cl2FN2O. The van der Waals surface area contributed by atoms with Gasteiger partial charge in [0.2, 0.25) is 0 Å². The molecule has 0 bridgehead atoms. The molecule has 0 aliphatic rings. The first-order valence-corrected chi connectivity index (χ1v) is 6.58. The van der Waals surface area contributed by atoms with Gasteiger partial charge in [0.1, 0.15) is 11.6 Å². The molecule has 0 heterocycles. The molecule has 0 atom stereocenters. The zero-order valence-corrected chi connectivity index (χ0v) is 12.2. The molecule has 0 saturated carbocycles. The van der Waals surface area contributed by atoms with Gasteiger partial charge in [0, 0.05) is 23.2 Å². The standard InChI is InChI=1S/C14H13Cl2FN2O/c1-20-14-4-2-3-9(15)8(14)7-19-13-5-10(16)11(17)6-12(13)18/h2-6,19H,7,18H2,1H3. The average molecular weight is 315 g/mol. The van der Waals surface area contributed by atoms with E-state index in [4.69, 9.17) is 33.7 Å². The Hall–Kier alpha value is -1.65. The Morgan fingerprint density at radius 3 is 2.70 bits per heavy atom. The number of hydrogen-bond acceptors (Lipinski definition) is 3. The van der Waals surface area contributed by atoms with Gasteiger partial charge >= 0.3 is 0 Å². The highest BCUT2D eigenvalue weighted by Gasteiger charge is 2.10. The van der Waals surface area contributed by atoms with Gasteiger partial charge in [-0.2, -0.15) is 0 Å². The van der Waals surface area contributed by atoms with E-state index in [0.29, 0.717) is 23.0 Å². The van der Waals surface area contributed by atoms with Crippen LogP contribution in [0, 0.1) is 5.82 Å². The van der Waals surface area contributed by atoms with Gasteiger partial charge in [0.25, 0.3) is 0 Å². The molecule has 0 saturated heterocycles. The molecule has 2 rings (SSSR count). The smallest absolute Gasteiger partial charge is 0.143 e. The monoisotopic (exact) mass is 314 g/mol. The first-order chi connectivity index (χ1) is 9.52. The fraction of sp³-hybridized carbons (Fsp3) is 0.143. The lowest BCUT2D eigenvalue weighted by atomic mass is 10.2. The molecule has 106 valence electrons. The van der Waals surface area contributed by atoms with Crippen molar-refractivity contribution in [2.75, 3.05) is 18.2 Å². The van der Waals surface area contributed by atoms with Gasteiger partial charge in [-0.15, -0.1) is 0 Å². The molecule has 2 aromatic carbocycles. The normalized spacial score (nSPS) is 10.4. The zero-order valence-electron chi connectivity index (χ0n) is 10.7. The number of nitrogens with one attached hydrogen (secondary N) is 1. The molecule has 20 heavy (non-hydrogen) atoms. The Labute approximate surface area is 126 Å². The molecule has 0 aliphatic carbocycles. The van der Waals surface area contributed by atoms with Crippen LogP contribution in [-0.2, 0) is 6.54 Å². The van der Waals surface area contributed by atoms with Crippen molar-refractivity contribution in [3.05, 3.63) is 51.8 Å². The van der Waals surface area contributed by atoms with Gasteiger partial charge in [-0.3, -0.25) is 0 Å². The molecule has 0 aromatic heterocycles. The van der Waals surface area contributed by atoms with E-state index in [9.17, 15) is 4.39 Å². The molecule has 3 nitrogen and oxygen atoms in total. The second-order valence-electron chi connectivity index (χ2n) is 4.13. The Morgan fingerprint density at radius 1 is 1.25 bits per heavy atom. The number of ether oxygens (including phenoxy) is 1. The Bertz CT molecular complexity index is 635. The number of methoxy groups -OCH3 is 1. The predicted molar refractivity (Wildman–Crippen MR) is 81.2 cm³/mol. The van der Waals surface area contributed by atoms with E-state index in [1.54, 1.807) is 19.2 Å². The van der Waals surface area contributed by atoms with Crippen LogP contribution in [-0.4, -0.2) is 7.11 Å². The molecule has 0 fully saturated rings. The van der Waals surface area contributed by atoms with E-state index in [1.807, 2.05) is 6.07 Å². The summed E-state index contributed by atoms with van der Waals surface area (Å²) in [6, 6.07) is 7.99. The number of anilines is 2. The summed E-state index contributed by atoms with van der Waals surface area (Å²) in [6.07, 6.45) is 0. The fourth-order valence-corrected chi connectivity index (χ4v) is 2.20. The maximum Gasteiger partial charge on any atom is 0.143 e. The van der Waals surface area contributed by atoms with E-state index in [2.05, 4.69) is 5.32 Å². The quantitative estimate of drug-likeness (QED) is 0.825. The van der Waals surface area contributed by atoms with Crippen molar-refractivity contribution in [1.29, 1.82) is 0 Å². The summed E-state index contributed by atoms with van der Waals surface area (Å²) in [5, 5.41) is 3.65. The van der Waals surface area contributed by atoms with Crippen LogP contribution in [0.15, 0.2) is 30.3 Å². The number of halogens is 3. The van der Waals surface area contributed by atoms with Gasteiger partial charge < -0.3 is 15.8 Å².